The largest absolute Gasteiger partial charge is 0.367 e. The molecule has 0 spiro atoms. The number of ether oxygens (including phenoxy) is 1. The first-order valence-corrected chi connectivity index (χ1v) is 8.29. The number of hydrogen-bond acceptors (Lipinski definition) is 3. The van der Waals surface area contributed by atoms with E-state index in [-0.39, 0.29) is 11.2 Å². The van der Waals surface area contributed by atoms with Crippen LogP contribution >= 0.6 is 0 Å². The smallest absolute Gasteiger partial charge is 0.0760 e. The summed E-state index contributed by atoms with van der Waals surface area (Å²) in [6.07, 6.45) is 3.73. The molecule has 2 N–H and O–H groups in total. The van der Waals surface area contributed by atoms with Gasteiger partial charge in [-0.05, 0) is 58.8 Å². The molecule has 2 rings (SSSR count). The van der Waals surface area contributed by atoms with Crippen LogP contribution in [-0.2, 0) is 4.74 Å². The van der Waals surface area contributed by atoms with E-state index in [0.29, 0.717) is 12.1 Å². The first-order valence-electron chi connectivity index (χ1n) is 8.29. The van der Waals surface area contributed by atoms with Crippen LogP contribution in [0.3, 0.4) is 0 Å². The van der Waals surface area contributed by atoms with Gasteiger partial charge in [0.25, 0.3) is 0 Å². The van der Waals surface area contributed by atoms with Crippen molar-refractivity contribution < 1.29 is 4.74 Å². The lowest BCUT2D eigenvalue weighted by atomic mass is 9.76. The van der Waals surface area contributed by atoms with Crippen molar-refractivity contribution >= 4 is 0 Å². The summed E-state index contributed by atoms with van der Waals surface area (Å²) in [5.74, 6) is 1.60. The van der Waals surface area contributed by atoms with Gasteiger partial charge in [-0.25, -0.2) is 0 Å². The molecule has 0 aromatic carbocycles. The number of nitrogens with zero attached hydrogens (tertiary/aromatic N) is 1. The first kappa shape index (κ1) is 16.3. The van der Waals surface area contributed by atoms with E-state index in [1.165, 1.54) is 19.3 Å². The summed E-state index contributed by atoms with van der Waals surface area (Å²) >= 11 is 0. The zero-order valence-electron chi connectivity index (χ0n) is 14.3. The minimum absolute atomic E-state index is 0.0771. The van der Waals surface area contributed by atoms with Crippen LogP contribution in [0.1, 0.15) is 60.8 Å². The van der Waals surface area contributed by atoms with Gasteiger partial charge < -0.3 is 10.5 Å². The molecule has 3 unspecified atom stereocenters. The van der Waals surface area contributed by atoms with Crippen LogP contribution in [0.5, 0.6) is 0 Å². The van der Waals surface area contributed by atoms with Gasteiger partial charge in [-0.3, -0.25) is 4.90 Å². The standard InChI is InChI=1S/C17H34N2O/c1-12(2)13-7-8-14(18)15(9-13)19-10-16(3,4)20-17(5,6)11-19/h12-15H,7-11,18H2,1-6H3. The van der Waals surface area contributed by atoms with Gasteiger partial charge in [0.1, 0.15) is 0 Å². The molecule has 1 heterocycles. The Balaban J connectivity index is 2.11. The third-order valence-corrected chi connectivity index (χ3v) is 5.04. The molecule has 0 radical (unpaired) electrons. The molecule has 0 aromatic rings. The highest BCUT2D eigenvalue weighted by Crippen LogP contribution is 2.36. The fourth-order valence-corrected chi connectivity index (χ4v) is 4.31. The van der Waals surface area contributed by atoms with Crippen molar-refractivity contribution in [2.45, 2.75) is 84.1 Å². The van der Waals surface area contributed by atoms with Crippen LogP contribution < -0.4 is 5.73 Å². The third kappa shape index (κ3) is 3.75. The summed E-state index contributed by atoms with van der Waals surface area (Å²) < 4.78 is 6.21. The van der Waals surface area contributed by atoms with Gasteiger partial charge in [0.2, 0.25) is 0 Å². The predicted molar refractivity (Wildman–Crippen MR) is 84.8 cm³/mol. The average Bonchev–Trinajstić information content (AvgIpc) is 2.24. The Morgan fingerprint density at radius 3 is 2.10 bits per heavy atom. The maximum absolute atomic E-state index is 6.47. The molecular formula is C17H34N2O. The molecule has 3 atom stereocenters. The lowest BCUT2D eigenvalue weighted by Crippen LogP contribution is -2.63. The molecule has 3 nitrogen and oxygen atoms in total. The molecule has 118 valence electrons. The summed E-state index contributed by atoms with van der Waals surface area (Å²) in [7, 11) is 0. The van der Waals surface area contributed by atoms with Gasteiger partial charge in [0.05, 0.1) is 11.2 Å². The van der Waals surface area contributed by atoms with E-state index in [0.717, 1.165) is 24.9 Å². The molecule has 0 bridgehead atoms. The van der Waals surface area contributed by atoms with Crippen LogP contribution in [0, 0.1) is 11.8 Å². The molecule has 0 aromatic heterocycles. The van der Waals surface area contributed by atoms with Crippen molar-refractivity contribution in [1.29, 1.82) is 0 Å². The number of hydrogen-bond donors (Lipinski definition) is 1. The Bertz CT molecular complexity index is 322. The van der Waals surface area contributed by atoms with Gasteiger partial charge in [-0.1, -0.05) is 13.8 Å². The van der Waals surface area contributed by atoms with E-state index < -0.39 is 0 Å². The van der Waals surface area contributed by atoms with Gasteiger partial charge in [0.15, 0.2) is 0 Å². The van der Waals surface area contributed by atoms with Crippen molar-refractivity contribution in [3.63, 3.8) is 0 Å². The number of nitrogens with two attached hydrogens (primary N) is 1. The van der Waals surface area contributed by atoms with E-state index in [2.05, 4.69) is 46.4 Å². The van der Waals surface area contributed by atoms with Crippen LogP contribution in [0.25, 0.3) is 0 Å². The Labute approximate surface area is 125 Å². The van der Waals surface area contributed by atoms with Crippen molar-refractivity contribution in [3.05, 3.63) is 0 Å². The fraction of sp³-hybridized carbons (Fsp3) is 1.00. The summed E-state index contributed by atoms with van der Waals surface area (Å²) in [6.45, 7) is 15.5. The van der Waals surface area contributed by atoms with E-state index in [4.69, 9.17) is 10.5 Å². The van der Waals surface area contributed by atoms with Crippen molar-refractivity contribution in [2.24, 2.45) is 17.6 Å². The topological polar surface area (TPSA) is 38.5 Å². The maximum atomic E-state index is 6.47. The molecule has 1 aliphatic heterocycles. The van der Waals surface area contributed by atoms with Crippen molar-refractivity contribution in [3.8, 4) is 0 Å². The van der Waals surface area contributed by atoms with Crippen LogP contribution in [0.4, 0.5) is 0 Å². The number of morpholine rings is 1. The molecule has 1 saturated carbocycles. The maximum Gasteiger partial charge on any atom is 0.0760 e. The zero-order valence-corrected chi connectivity index (χ0v) is 14.3. The zero-order chi connectivity index (χ0) is 15.1. The van der Waals surface area contributed by atoms with E-state index in [9.17, 15) is 0 Å². The third-order valence-electron chi connectivity index (χ3n) is 5.04. The molecule has 2 aliphatic rings. The van der Waals surface area contributed by atoms with Crippen LogP contribution in [-0.4, -0.2) is 41.3 Å². The first-order chi connectivity index (χ1) is 9.10. The summed E-state index contributed by atoms with van der Waals surface area (Å²) in [5.41, 5.74) is 6.31. The molecule has 1 saturated heterocycles. The molecular weight excluding hydrogens is 248 g/mol. The molecule has 20 heavy (non-hydrogen) atoms. The monoisotopic (exact) mass is 282 g/mol. The van der Waals surface area contributed by atoms with Crippen LogP contribution in [0.15, 0.2) is 0 Å². The van der Waals surface area contributed by atoms with Crippen molar-refractivity contribution in [2.75, 3.05) is 13.1 Å². The SMILES string of the molecule is CC(C)C1CCC(N)C(N2CC(C)(C)OC(C)(C)C2)C1. The van der Waals surface area contributed by atoms with E-state index >= 15 is 0 Å². The Hall–Kier alpha value is -0.120. The highest BCUT2D eigenvalue weighted by atomic mass is 16.5. The fourth-order valence-electron chi connectivity index (χ4n) is 4.31. The summed E-state index contributed by atoms with van der Waals surface area (Å²) in [5, 5.41) is 0. The minimum atomic E-state index is -0.0771. The molecule has 3 heteroatoms. The Morgan fingerprint density at radius 2 is 1.60 bits per heavy atom. The van der Waals surface area contributed by atoms with E-state index in [1.54, 1.807) is 0 Å². The van der Waals surface area contributed by atoms with Crippen molar-refractivity contribution in [1.82, 2.24) is 4.90 Å². The molecule has 1 aliphatic carbocycles. The number of rotatable bonds is 2. The van der Waals surface area contributed by atoms with Crippen LogP contribution in [0.2, 0.25) is 0 Å². The molecule has 0 amide bonds. The quantitative estimate of drug-likeness (QED) is 0.846. The Morgan fingerprint density at radius 1 is 1.05 bits per heavy atom. The van der Waals surface area contributed by atoms with Gasteiger partial charge in [-0.2, -0.15) is 0 Å². The average molecular weight is 282 g/mol. The van der Waals surface area contributed by atoms with E-state index in [1.807, 2.05) is 0 Å². The van der Waals surface area contributed by atoms with Gasteiger partial charge >= 0.3 is 0 Å². The van der Waals surface area contributed by atoms with Gasteiger partial charge in [-0.15, -0.1) is 0 Å². The lowest BCUT2D eigenvalue weighted by Gasteiger charge is -2.52. The summed E-state index contributed by atoms with van der Waals surface area (Å²) in [4.78, 5) is 2.61. The molecule has 2 fully saturated rings. The van der Waals surface area contributed by atoms with Gasteiger partial charge in [0, 0.05) is 25.2 Å². The normalized spacial score (nSPS) is 38.1. The highest BCUT2D eigenvalue weighted by Gasteiger charge is 2.43. The lowest BCUT2D eigenvalue weighted by molar-refractivity contribution is -0.191. The Kier molecular flexibility index (Phi) is 4.54. The highest BCUT2D eigenvalue weighted by molar-refractivity contribution is 4.97. The second kappa shape index (κ2) is 5.58. The second-order valence-corrected chi connectivity index (χ2v) is 8.57. The minimum Gasteiger partial charge on any atom is -0.367 e. The second-order valence-electron chi connectivity index (χ2n) is 8.57. The predicted octanol–water partition coefficient (Wildman–Crippen LogP) is 3.03. The summed E-state index contributed by atoms with van der Waals surface area (Å²) in [6, 6.07) is 0.855.